The minimum Gasteiger partial charge on any atom is -0.481 e. The topological polar surface area (TPSA) is 143 Å². The molecule has 0 spiro atoms. The summed E-state index contributed by atoms with van der Waals surface area (Å²) in [7, 11) is 0. The van der Waals surface area contributed by atoms with E-state index in [1.165, 1.54) is 51.4 Å². The highest BCUT2D eigenvalue weighted by Crippen LogP contribution is 2.20. The highest BCUT2D eigenvalue weighted by Gasteiger charge is 2.31. The van der Waals surface area contributed by atoms with Gasteiger partial charge >= 0.3 is 5.97 Å². The predicted octanol–water partition coefficient (Wildman–Crippen LogP) is 7.19. The normalized spacial score (nSPS) is 12.2. The van der Waals surface area contributed by atoms with Gasteiger partial charge in [0.25, 0.3) is 5.91 Å². The van der Waals surface area contributed by atoms with E-state index in [1.54, 1.807) is 17.0 Å². The van der Waals surface area contributed by atoms with Crippen LogP contribution >= 0.6 is 12.4 Å². The molecule has 0 bridgehead atoms. The fourth-order valence-corrected chi connectivity index (χ4v) is 5.70. The minimum absolute atomic E-state index is 0. The molecule has 3 amide bonds. The Balaban J connectivity index is 0.0000101. The van der Waals surface area contributed by atoms with Gasteiger partial charge in [-0.15, -0.1) is 12.4 Å². The molecule has 45 heavy (non-hydrogen) atoms. The maximum absolute atomic E-state index is 14.0. The van der Waals surface area contributed by atoms with Crippen LogP contribution in [0.4, 0.5) is 0 Å². The van der Waals surface area contributed by atoms with Crippen LogP contribution in [0.1, 0.15) is 133 Å². The van der Waals surface area contributed by atoms with Gasteiger partial charge in [-0.25, -0.2) is 4.98 Å². The Morgan fingerprint density at radius 3 is 2.04 bits per heavy atom. The fourth-order valence-electron chi connectivity index (χ4n) is 5.70. The number of rotatable bonds is 24. The molecule has 0 saturated heterocycles. The summed E-state index contributed by atoms with van der Waals surface area (Å²) in [6.45, 7) is 4.60. The first-order chi connectivity index (χ1) is 21.3. The second kappa shape index (κ2) is 23.2. The lowest BCUT2D eigenvalue weighted by atomic mass is 9.99. The molecule has 0 aliphatic carbocycles. The number of aromatic nitrogens is 1. The first kappa shape index (κ1) is 39.8. The minimum atomic E-state index is -0.966. The Morgan fingerprint density at radius 1 is 0.822 bits per heavy atom. The number of unbranched alkanes of at least 4 members (excludes halogenated alkanes) is 10. The van der Waals surface area contributed by atoms with Gasteiger partial charge in [0.1, 0.15) is 11.7 Å². The Kier molecular flexibility index (Phi) is 20.5. The number of carboxylic acid groups (broad SMARTS) is 1. The van der Waals surface area contributed by atoms with Crippen LogP contribution in [0.2, 0.25) is 0 Å². The molecule has 252 valence electrons. The number of halogens is 1. The molecule has 1 heterocycles. The van der Waals surface area contributed by atoms with Crippen LogP contribution in [-0.2, 0) is 14.4 Å². The largest absolute Gasteiger partial charge is 0.481 e. The van der Waals surface area contributed by atoms with E-state index in [9.17, 15) is 24.3 Å². The van der Waals surface area contributed by atoms with E-state index < -0.39 is 23.8 Å². The van der Waals surface area contributed by atoms with Crippen LogP contribution in [0.3, 0.4) is 0 Å². The van der Waals surface area contributed by atoms with Gasteiger partial charge in [-0.05, 0) is 37.8 Å². The third kappa shape index (κ3) is 15.6. The predicted molar refractivity (Wildman–Crippen MR) is 182 cm³/mol. The molecule has 1 aromatic carbocycles. The zero-order valence-electron chi connectivity index (χ0n) is 27.3. The first-order valence-corrected chi connectivity index (χ1v) is 16.7. The van der Waals surface area contributed by atoms with Crippen molar-refractivity contribution in [1.82, 2.24) is 15.2 Å². The van der Waals surface area contributed by atoms with Crippen molar-refractivity contribution in [2.45, 2.75) is 135 Å². The molecule has 1 aromatic heterocycles. The number of carbonyl (C=O) groups excluding carboxylic acids is 3. The number of hydrogen-bond acceptors (Lipinski definition) is 5. The summed E-state index contributed by atoms with van der Waals surface area (Å²) in [6, 6.07) is 9.54. The summed E-state index contributed by atoms with van der Waals surface area (Å²) in [4.78, 5) is 56.7. The molecule has 0 fully saturated rings. The number of amides is 3. The van der Waals surface area contributed by atoms with Crippen molar-refractivity contribution in [2.75, 3.05) is 6.54 Å². The van der Waals surface area contributed by atoms with E-state index in [2.05, 4.69) is 17.2 Å². The van der Waals surface area contributed by atoms with E-state index in [4.69, 9.17) is 5.73 Å². The maximum atomic E-state index is 14.0. The van der Waals surface area contributed by atoms with Gasteiger partial charge in [0.15, 0.2) is 0 Å². The number of carboxylic acids is 1. The van der Waals surface area contributed by atoms with E-state index in [1.807, 2.05) is 31.2 Å². The number of nitrogens with two attached hydrogens (primary N) is 1. The lowest BCUT2D eigenvalue weighted by molar-refractivity contribution is -0.139. The van der Waals surface area contributed by atoms with Crippen molar-refractivity contribution in [3.63, 3.8) is 0 Å². The molecule has 10 heteroatoms. The van der Waals surface area contributed by atoms with Gasteiger partial charge in [0.2, 0.25) is 11.8 Å². The SMILES string of the molecule is CCCCCCCCCCCCC[C@@H](CC(N)=O)N(CCC)C(=O)[C@H](CCCC(=O)O)NC(=O)c1ccc2ccccc2n1.Cl. The number of nitrogens with one attached hydrogen (secondary N) is 1. The molecular formula is C35H55ClN4O5. The van der Waals surface area contributed by atoms with Crippen molar-refractivity contribution >= 4 is 47.0 Å². The number of pyridine rings is 1. The van der Waals surface area contributed by atoms with Gasteiger partial charge in [-0.2, -0.15) is 0 Å². The monoisotopic (exact) mass is 646 g/mol. The second-order valence-electron chi connectivity index (χ2n) is 11.9. The highest BCUT2D eigenvalue weighted by molar-refractivity contribution is 5.98. The number of para-hydroxylation sites is 1. The van der Waals surface area contributed by atoms with Gasteiger partial charge in [-0.1, -0.05) is 109 Å². The van der Waals surface area contributed by atoms with Crippen molar-refractivity contribution in [3.8, 4) is 0 Å². The quantitative estimate of drug-likeness (QED) is 0.103. The molecule has 2 aromatic rings. The van der Waals surface area contributed by atoms with E-state index in [-0.39, 0.29) is 55.7 Å². The first-order valence-electron chi connectivity index (χ1n) is 16.7. The lowest BCUT2D eigenvalue weighted by Gasteiger charge is -2.34. The van der Waals surface area contributed by atoms with Crippen LogP contribution in [0.5, 0.6) is 0 Å². The summed E-state index contributed by atoms with van der Waals surface area (Å²) >= 11 is 0. The van der Waals surface area contributed by atoms with Crippen molar-refractivity contribution in [2.24, 2.45) is 5.73 Å². The number of carbonyl (C=O) groups is 4. The van der Waals surface area contributed by atoms with Crippen molar-refractivity contribution in [1.29, 1.82) is 0 Å². The second-order valence-corrected chi connectivity index (χ2v) is 11.9. The number of nitrogens with zero attached hydrogens (tertiary/aromatic N) is 2. The standard InChI is InChI=1S/C35H54N4O5.ClH/c1-3-5-6-7-8-9-10-11-12-13-14-19-28(26-32(36)40)39(25-4-2)35(44)31(21-17-22-33(41)42)38-34(43)30-24-23-27-18-15-16-20-29(27)37-30;/h15-16,18,20,23-24,28,31H,3-14,17,19,21-22,25-26H2,1-2H3,(H2,36,40)(H,38,43)(H,41,42);1H/t28-,31-;/m0./s1. The van der Waals surface area contributed by atoms with Crippen molar-refractivity contribution in [3.05, 3.63) is 42.1 Å². The number of benzene rings is 1. The van der Waals surface area contributed by atoms with E-state index in [0.29, 0.717) is 24.9 Å². The van der Waals surface area contributed by atoms with Gasteiger partial charge in [-0.3, -0.25) is 19.2 Å². The van der Waals surface area contributed by atoms with E-state index >= 15 is 0 Å². The Hall–Kier alpha value is -3.20. The van der Waals surface area contributed by atoms with Crippen LogP contribution in [0, 0.1) is 0 Å². The fraction of sp³-hybridized carbons (Fsp3) is 0.629. The molecule has 0 aliphatic rings. The Morgan fingerprint density at radius 2 is 1.44 bits per heavy atom. The summed E-state index contributed by atoms with van der Waals surface area (Å²) in [5.41, 5.74) is 6.47. The number of aliphatic carboxylic acids is 1. The summed E-state index contributed by atoms with van der Waals surface area (Å²) < 4.78 is 0. The maximum Gasteiger partial charge on any atom is 0.303 e. The third-order valence-electron chi connectivity index (χ3n) is 8.08. The molecule has 9 nitrogen and oxygen atoms in total. The molecule has 0 aliphatic heterocycles. The van der Waals surface area contributed by atoms with Gasteiger partial charge in [0.05, 0.1) is 5.52 Å². The number of primary amides is 1. The highest BCUT2D eigenvalue weighted by atomic mass is 35.5. The molecule has 4 N–H and O–H groups in total. The summed E-state index contributed by atoms with van der Waals surface area (Å²) in [5, 5.41) is 12.9. The number of hydrogen-bond donors (Lipinski definition) is 3. The zero-order chi connectivity index (χ0) is 32.2. The summed E-state index contributed by atoms with van der Waals surface area (Å²) in [6.07, 6.45) is 14.9. The van der Waals surface area contributed by atoms with Crippen LogP contribution in [0.25, 0.3) is 10.9 Å². The summed E-state index contributed by atoms with van der Waals surface area (Å²) in [5.74, 6) is -2.26. The Labute approximate surface area is 275 Å². The molecule has 0 saturated carbocycles. The smallest absolute Gasteiger partial charge is 0.303 e. The average molecular weight is 647 g/mol. The van der Waals surface area contributed by atoms with Crippen LogP contribution in [0.15, 0.2) is 36.4 Å². The van der Waals surface area contributed by atoms with E-state index in [0.717, 1.165) is 24.6 Å². The van der Waals surface area contributed by atoms with Crippen LogP contribution < -0.4 is 11.1 Å². The molecule has 0 radical (unpaired) electrons. The third-order valence-corrected chi connectivity index (χ3v) is 8.08. The molecule has 2 rings (SSSR count). The zero-order valence-corrected chi connectivity index (χ0v) is 28.1. The molecular weight excluding hydrogens is 592 g/mol. The van der Waals surface area contributed by atoms with Gasteiger partial charge < -0.3 is 21.1 Å². The van der Waals surface area contributed by atoms with Crippen molar-refractivity contribution < 1.29 is 24.3 Å². The van der Waals surface area contributed by atoms with Crippen LogP contribution in [-0.4, -0.2) is 57.3 Å². The Bertz CT molecular complexity index is 1180. The number of fused-ring (bicyclic) bond motifs is 1. The average Bonchev–Trinajstić information content (AvgIpc) is 3.00. The van der Waals surface area contributed by atoms with Gasteiger partial charge in [0, 0.05) is 30.8 Å². The molecule has 0 unspecified atom stereocenters. The lowest BCUT2D eigenvalue weighted by Crippen LogP contribution is -2.53. The molecule has 2 atom stereocenters.